The molecule has 1 aliphatic rings. The van der Waals surface area contributed by atoms with Crippen LogP contribution in [0.25, 0.3) is 0 Å². The molecule has 14 heavy (non-hydrogen) atoms. The number of carboxylic acids is 1. The SMILES string of the molecule is CC(C)(C(=O)O)C1(F)CCS(=O)(=O)C1. The first-order valence-corrected chi connectivity index (χ1v) is 6.06. The van der Waals surface area contributed by atoms with Crippen LogP contribution in [0.1, 0.15) is 20.3 Å². The van der Waals surface area contributed by atoms with Gasteiger partial charge in [-0.15, -0.1) is 0 Å². The highest BCUT2D eigenvalue weighted by Gasteiger charge is 2.56. The molecule has 1 atom stereocenters. The third-order valence-corrected chi connectivity index (χ3v) is 4.64. The van der Waals surface area contributed by atoms with Crippen LogP contribution in [-0.4, -0.2) is 36.7 Å². The van der Waals surface area contributed by atoms with Gasteiger partial charge in [-0.1, -0.05) is 0 Å². The van der Waals surface area contributed by atoms with E-state index in [0.29, 0.717) is 0 Å². The van der Waals surface area contributed by atoms with Gasteiger partial charge < -0.3 is 5.11 Å². The molecule has 1 fully saturated rings. The molecular formula is C8H13FO4S. The maximum absolute atomic E-state index is 14.1. The maximum atomic E-state index is 14.1. The first kappa shape index (κ1) is 11.4. The van der Waals surface area contributed by atoms with Crippen LogP contribution >= 0.6 is 0 Å². The second-order valence-corrected chi connectivity index (χ2v) is 6.42. The van der Waals surface area contributed by atoms with E-state index in [0.717, 1.165) is 0 Å². The van der Waals surface area contributed by atoms with E-state index in [9.17, 15) is 17.6 Å². The predicted molar refractivity (Wildman–Crippen MR) is 48.5 cm³/mol. The molecule has 1 heterocycles. The Morgan fingerprint density at radius 3 is 2.29 bits per heavy atom. The van der Waals surface area contributed by atoms with Crippen LogP contribution in [-0.2, 0) is 14.6 Å². The van der Waals surface area contributed by atoms with Gasteiger partial charge in [0, 0.05) is 0 Å². The number of rotatable bonds is 2. The van der Waals surface area contributed by atoms with E-state index in [2.05, 4.69) is 0 Å². The Labute approximate surface area is 82.0 Å². The van der Waals surface area contributed by atoms with E-state index >= 15 is 0 Å². The summed E-state index contributed by atoms with van der Waals surface area (Å²) >= 11 is 0. The van der Waals surface area contributed by atoms with Crippen molar-refractivity contribution in [1.29, 1.82) is 0 Å². The largest absolute Gasteiger partial charge is 0.481 e. The maximum Gasteiger partial charge on any atom is 0.312 e. The average Bonchev–Trinajstić information content (AvgIpc) is 2.26. The molecule has 0 spiro atoms. The van der Waals surface area contributed by atoms with Gasteiger partial charge in [0.15, 0.2) is 9.84 Å². The molecule has 82 valence electrons. The third-order valence-electron chi connectivity index (χ3n) is 2.91. The van der Waals surface area contributed by atoms with Crippen molar-refractivity contribution in [3.05, 3.63) is 0 Å². The van der Waals surface area contributed by atoms with Crippen LogP contribution in [0.2, 0.25) is 0 Å². The topological polar surface area (TPSA) is 71.4 Å². The van der Waals surface area contributed by atoms with Gasteiger partial charge in [-0.05, 0) is 20.3 Å². The average molecular weight is 224 g/mol. The van der Waals surface area contributed by atoms with Crippen molar-refractivity contribution in [3.63, 3.8) is 0 Å². The molecule has 0 bridgehead atoms. The number of aliphatic carboxylic acids is 1. The molecule has 0 saturated carbocycles. The molecule has 1 N–H and O–H groups in total. The molecule has 0 radical (unpaired) electrons. The van der Waals surface area contributed by atoms with E-state index in [1.54, 1.807) is 0 Å². The Balaban J connectivity index is 3.05. The van der Waals surface area contributed by atoms with E-state index in [-0.39, 0.29) is 12.2 Å². The minimum Gasteiger partial charge on any atom is -0.481 e. The molecular weight excluding hydrogens is 211 g/mol. The van der Waals surface area contributed by atoms with E-state index in [4.69, 9.17) is 5.11 Å². The first-order chi connectivity index (χ1) is 6.11. The van der Waals surface area contributed by atoms with Crippen LogP contribution < -0.4 is 0 Å². The van der Waals surface area contributed by atoms with Gasteiger partial charge in [0.25, 0.3) is 0 Å². The second-order valence-electron chi connectivity index (χ2n) is 4.24. The smallest absolute Gasteiger partial charge is 0.312 e. The van der Waals surface area contributed by atoms with Crippen LogP contribution in [0, 0.1) is 5.41 Å². The summed E-state index contributed by atoms with van der Waals surface area (Å²) in [6, 6.07) is 0. The summed E-state index contributed by atoms with van der Waals surface area (Å²) in [6.45, 7) is 2.44. The standard InChI is InChI=1S/C8H13FO4S/c1-7(2,6(10)11)8(9)3-4-14(12,13)5-8/h3-5H2,1-2H3,(H,10,11). The lowest BCUT2D eigenvalue weighted by molar-refractivity contribution is -0.155. The van der Waals surface area contributed by atoms with Gasteiger partial charge in [-0.3, -0.25) is 4.79 Å². The fourth-order valence-electron chi connectivity index (χ4n) is 1.49. The lowest BCUT2D eigenvalue weighted by Gasteiger charge is -2.32. The third kappa shape index (κ3) is 1.63. The summed E-state index contributed by atoms with van der Waals surface area (Å²) in [5.41, 5.74) is -3.80. The molecule has 0 aromatic carbocycles. The fraction of sp³-hybridized carbons (Fsp3) is 0.875. The highest BCUT2D eigenvalue weighted by Crippen LogP contribution is 2.43. The van der Waals surface area contributed by atoms with Gasteiger partial charge in [0.1, 0.15) is 5.67 Å². The Morgan fingerprint density at radius 1 is 1.50 bits per heavy atom. The first-order valence-electron chi connectivity index (χ1n) is 4.23. The van der Waals surface area contributed by atoms with Crippen molar-refractivity contribution in [2.45, 2.75) is 25.9 Å². The highest BCUT2D eigenvalue weighted by molar-refractivity contribution is 7.91. The fourth-order valence-corrected chi connectivity index (χ4v) is 3.48. The number of carboxylic acid groups (broad SMARTS) is 1. The summed E-state index contributed by atoms with van der Waals surface area (Å²) in [5, 5.41) is 8.80. The lowest BCUT2D eigenvalue weighted by Crippen LogP contribution is -2.47. The second kappa shape index (κ2) is 2.92. The van der Waals surface area contributed by atoms with Crippen LogP contribution in [0.4, 0.5) is 4.39 Å². The number of alkyl halides is 1. The Bertz CT molecular complexity index is 360. The predicted octanol–water partition coefficient (Wildman–Crippen LogP) is 0.624. The molecule has 0 amide bonds. The molecule has 1 saturated heterocycles. The molecule has 4 nitrogen and oxygen atoms in total. The van der Waals surface area contributed by atoms with E-state index in [1.165, 1.54) is 13.8 Å². The summed E-state index contributed by atoms with van der Waals surface area (Å²) in [6.07, 6.45) is -0.228. The zero-order chi connectivity index (χ0) is 11.2. The van der Waals surface area contributed by atoms with Crippen molar-refractivity contribution in [1.82, 2.24) is 0 Å². The quantitative estimate of drug-likeness (QED) is 0.746. The number of halogens is 1. The van der Waals surface area contributed by atoms with Crippen molar-refractivity contribution < 1.29 is 22.7 Å². The van der Waals surface area contributed by atoms with Crippen molar-refractivity contribution >= 4 is 15.8 Å². The lowest BCUT2D eigenvalue weighted by atomic mass is 9.76. The van der Waals surface area contributed by atoms with Crippen molar-refractivity contribution in [2.75, 3.05) is 11.5 Å². The van der Waals surface area contributed by atoms with E-state index < -0.39 is 32.6 Å². The normalized spacial score (nSPS) is 31.6. The molecule has 1 aliphatic heterocycles. The van der Waals surface area contributed by atoms with Gasteiger partial charge in [0.2, 0.25) is 0 Å². The number of hydrogen-bond donors (Lipinski definition) is 1. The van der Waals surface area contributed by atoms with Gasteiger partial charge in [0.05, 0.1) is 16.9 Å². The Hall–Kier alpha value is -0.650. The number of carbonyl (C=O) groups is 1. The van der Waals surface area contributed by atoms with Crippen LogP contribution in [0.3, 0.4) is 0 Å². The zero-order valence-corrected chi connectivity index (χ0v) is 8.90. The molecule has 1 rings (SSSR count). The number of sulfone groups is 1. The molecule has 0 aliphatic carbocycles. The van der Waals surface area contributed by atoms with Gasteiger partial charge in [-0.25, -0.2) is 12.8 Å². The molecule has 0 aromatic heterocycles. The number of hydrogen-bond acceptors (Lipinski definition) is 3. The minimum atomic E-state index is -3.41. The van der Waals surface area contributed by atoms with Gasteiger partial charge >= 0.3 is 5.97 Å². The van der Waals surface area contributed by atoms with Crippen molar-refractivity contribution in [3.8, 4) is 0 Å². The molecule has 1 unspecified atom stereocenters. The van der Waals surface area contributed by atoms with E-state index in [1.807, 2.05) is 0 Å². The monoisotopic (exact) mass is 224 g/mol. The summed E-state index contributed by atoms with van der Waals surface area (Å²) in [7, 11) is -3.41. The summed E-state index contributed by atoms with van der Waals surface area (Å²) in [4.78, 5) is 10.8. The Kier molecular flexibility index (Phi) is 2.38. The molecule has 6 heteroatoms. The van der Waals surface area contributed by atoms with Crippen molar-refractivity contribution in [2.24, 2.45) is 5.41 Å². The zero-order valence-electron chi connectivity index (χ0n) is 8.08. The summed E-state index contributed by atoms with van der Waals surface area (Å²) < 4.78 is 36.2. The highest BCUT2D eigenvalue weighted by atomic mass is 32.2. The minimum absolute atomic E-state index is 0.228. The van der Waals surface area contributed by atoms with Gasteiger partial charge in [-0.2, -0.15) is 0 Å². The molecule has 0 aromatic rings. The van der Waals surface area contributed by atoms with Crippen LogP contribution in [0.5, 0.6) is 0 Å². The Morgan fingerprint density at radius 2 is 2.00 bits per heavy atom. The summed E-state index contributed by atoms with van der Waals surface area (Å²) in [5.74, 6) is -2.25. The van der Waals surface area contributed by atoms with Crippen LogP contribution in [0.15, 0.2) is 0 Å².